The van der Waals surface area contributed by atoms with E-state index in [1.165, 1.54) is 12.1 Å². The summed E-state index contributed by atoms with van der Waals surface area (Å²) in [5.41, 5.74) is -0.591. The monoisotopic (exact) mass is 449 g/mol. The highest BCUT2D eigenvalue weighted by atomic mass is 32.2. The minimum absolute atomic E-state index is 0.108. The lowest BCUT2D eigenvalue weighted by molar-refractivity contribution is -0.274. The van der Waals surface area contributed by atoms with E-state index in [2.05, 4.69) is 9.89 Å². The van der Waals surface area contributed by atoms with Gasteiger partial charge >= 0.3 is 6.36 Å². The van der Waals surface area contributed by atoms with Gasteiger partial charge in [0.2, 0.25) is 0 Å². The fourth-order valence-corrected chi connectivity index (χ4v) is 3.46. The van der Waals surface area contributed by atoms with Crippen LogP contribution in [0.2, 0.25) is 0 Å². The Morgan fingerprint density at radius 2 is 1.73 bits per heavy atom. The van der Waals surface area contributed by atoms with Crippen molar-refractivity contribution in [3.05, 3.63) is 53.8 Å². The van der Waals surface area contributed by atoms with E-state index in [1.807, 2.05) is 0 Å². The molecule has 0 fully saturated rings. The summed E-state index contributed by atoms with van der Waals surface area (Å²) in [5, 5.41) is 13.1. The number of rotatable bonds is 5. The minimum atomic E-state index is -4.90. The van der Waals surface area contributed by atoms with E-state index in [0.717, 1.165) is 12.1 Å². The number of benzene rings is 2. The maximum Gasteiger partial charge on any atom is 0.573 e. The molecule has 0 aliphatic rings. The Kier molecular flexibility index (Phi) is 5.56. The summed E-state index contributed by atoms with van der Waals surface area (Å²) in [6.45, 7) is -0.757. The van der Waals surface area contributed by atoms with Gasteiger partial charge in [0.25, 0.3) is 0 Å². The Morgan fingerprint density at radius 3 is 2.27 bits per heavy atom. The van der Waals surface area contributed by atoms with Crippen molar-refractivity contribution in [2.45, 2.75) is 17.9 Å². The van der Waals surface area contributed by atoms with Gasteiger partial charge in [-0.25, -0.2) is 17.2 Å². The van der Waals surface area contributed by atoms with Crippen LogP contribution in [0.4, 0.5) is 22.0 Å². The molecule has 0 saturated heterocycles. The summed E-state index contributed by atoms with van der Waals surface area (Å²) in [7, 11) is -4.05. The predicted molar refractivity (Wildman–Crippen MR) is 93.0 cm³/mol. The molecule has 2 aromatic carbocycles. The topological polar surface area (TPSA) is 89.6 Å². The number of ether oxygens (including phenoxy) is 1. The maximum absolute atomic E-state index is 14.7. The summed E-state index contributed by atoms with van der Waals surface area (Å²) in [5.74, 6) is -3.15. The summed E-state index contributed by atoms with van der Waals surface area (Å²) in [4.78, 5) is -0.860. The van der Waals surface area contributed by atoms with Gasteiger partial charge in [-0.05, 0) is 36.4 Å². The van der Waals surface area contributed by atoms with Crippen molar-refractivity contribution in [3.63, 3.8) is 0 Å². The van der Waals surface area contributed by atoms with Gasteiger partial charge in [0.1, 0.15) is 34.6 Å². The number of aromatic nitrogens is 1. The van der Waals surface area contributed by atoms with Crippen molar-refractivity contribution in [3.8, 4) is 28.1 Å². The molecule has 30 heavy (non-hydrogen) atoms. The van der Waals surface area contributed by atoms with E-state index in [9.17, 15) is 35.5 Å². The molecule has 1 aromatic heterocycles. The van der Waals surface area contributed by atoms with Crippen LogP contribution in [0, 0.1) is 11.6 Å². The van der Waals surface area contributed by atoms with Crippen LogP contribution in [0.25, 0.3) is 22.4 Å². The van der Waals surface area contributed by atoms with Gasteiger partial charge in [0.05, 0.1) is 5.56 Å². The third-order valence-electron chi connectivity index (χ3n) is 3.96. The first-order valence-electron chi connectivity index (χ1n) is 8.06. The van der Waals surface area contributed by atoms with Gasteiger partial charge < -0.3 is 14.4 Å². The Balaban J connectivity index is 2.13. The van der Waals surface area contributed by atoms with Crippen LogP contribution >= 0.6 is 0 Å². The zero-order valence-corrected chi connectivity index (χ0v) is 15.8. The number of halogens is 5. The lowest BCUT2D eigenvalue weighted by atomic mass is 9.98. The molecule has 0 aliphatic heterocycles. The van der Waals surface area contributed by atoms with Crippen LogP contribution in [0.3, 0.4) is 0 Å². The third-order valence-corrected chi connectivity index (χ3v) is 5.07. The van der Waals surface area contributed by atoms with Crippen molar-refractivity contribution in [1.82, 2.24) is 5.16 Å². The average Bonchev–Trinajstić information content (AvgIpc) is 3.05. The van der Waals surface area contributed by atoms with E-state index in [0.29, 0.717) is 18.4 Å². The molecule has 0 aliphatic carbocycles. The lowest BCUT2D eigenvalue weighted by Crippen LogP contribution is -2.16. The molecule has 1 N–H and O–H groups in total. The molecular weight excluding hydrogens is 437 g/mol. The third kappa shape index (κ3) is 4.44. The molecule has 1 heterocycles. The van der Waals surface area contributed by atoms with Gasteiger partial charge in [-0.2, -0.15) is 0 Å². The summed E-state index contributed by atoms with van der Waals surface area (Å²) < 4.78 is 97.7. The second-order valence-corrected chi connectivity index (χ2v) is 8.08. The predicted octanol–water partition coefficient (Wildman–Crippen LogP) is 4.08. The highest BCUT2D eigenvalue weighted by molar-refractivity contribution is 7.90. The molecule has 0 amide bonds. The fraction of sp³-hybridized carbons (Fsp3) is 0.167. The van der Waals surface area contributed by atoms with Crippen LogP contribution in [-0.2, 0) is 16.4 Å². The van der Waals surface area contributed by atoms with Crippen LogP contribution in [0.5, 0.6) is 5.75 Å². The van der Waals surface area contributed by atoms with Gasteiger partial charge in [0, 0.05) is 17.4 Å². The Labute approximate surface area is 166 Å². The number of alkyl halides is 3. The molecule has 0 radical (unpaired) electrons. The molecule has 3 aromatic rings. The molecule has 3 rings (SSSR count). The average molecular weight is 449 g/mol. The standard InChI is InChI=1S/C18H12F5NO5S/c1-30(26,27)15-7-12(19)11(6-13(15)20)16-14(8-25)29-24-17(16)9-2-4-10(5-3-9)28-18(21,22)23/h2-7,25H,8H2,1H3. The summed E-state index contributed by atoms with van der Waals surface area (Å²) in [6.07, 6.45) is -4.19. The first-order valence-corrected chi connectivity index (χ1v) is 9.95. The summed E-state index contributed by atoms with van der Waals surface area (Å²) in [6, 6.07) is 5.39. The second-order valence-electron chi connectivity index (χ2n) is 6.09. The maximum atomic E-state index is 14.7. The van der Waals surface area contributed by atoms with Gasteiger partial charge in [-0.3, -0.25) is 0 Å². The zero-order valence-electron chi connectivity index (χ0n) is 15.0. The van der Waals surface area contributed by atoms with Crippen molar-refractivity contribution >= 4 is 9.84 Å². The molecule has 6 nitrogen and oxygen atoms in total. The lowest BCUT2D eigenvalue weighted by Gasteiger charge is -2.10. The highest BCUT2D eigenvalue weighted by Gasteiger charge is 2.31. The van der Waals surface area contributed by atoms with Crippen molar-refractivity contribution in [2.75, 3.05) is 6.26 Å². The number of aliphatic hydroxyl groups excluding tert-OH is 1. The molecule has 160 valence electrons. The Hall–Kier alpha value is -2.99. The van der Waals surface area contributed by atoms with Crippen molar-refractivity contribution < 1.29 is 44.7 Å². The molecule has 12 heteroatoms. The first kappa shape index (κ1) is 21.7. The second kappa shape index (κ2) is 7.69. The summed E-state index contributed by atoms with van der Waals surface area (Å²) >= 11 is 0. The Morgan fingerprint density at radius 1 is 1.10 bits per heavy atom. The van der Waals surface area contributed by atoms with E-state index in [-0.39, 0.29) is 22.6 Å². The molecule has 0 atom stereocenters. The van der Waals surface area contributed by atoms with E-state index >= 15 is 0 Å². The normalized spacial score (nSPS) is 12.2. The first-order chi connectivity index (χ1) is 13.9. The van der Waals surface area contributed by atoms with Crippen LogP contribution in [-0.4, -0.2) is 31.3 Å². The van der Waals surface area contributed by atoms with Crippen molar-refractivity contribution in [2.24, 2.45) is 0 Å². The molecule has 0 unspecified atom stereocenters. The number of aliphatic hydroxyl groups is 1. The van der Waals surface area contributed by atoms with Gasteiger partial charge in [-0.1, -0.05) is 5.16 Å². The van der Waals surface area contributed by atoms with Gasteiger partial charge in [-0.15, -0.1) is 13.2 Å². The molecule has 0 bridgehead atoms. The fourth-order valence-electron chi connectivity index (χ4n) is 2.73. The van der Waals surface area contributed by atoms with Crippen molar-refractivity contribution in [1.29, 1.82) is 0 Å². The largest absolute Gasteiger partial charge is 0.573 e. The molecule has 0 spiro atoms. The van der Waals surface area contributed by atoms with E-state index in [1.54, 1.807) is 0 Å². The quantitative estimate of drug-likeness (QED) is 0.591. The highest BCUT2D eigenvalue weighted by Crippen LogP contribution is 2.38. The molecular formula is C18H12F5NO5S. The smallest absolute Gasteiger partial charge is 0.406 e. The van der Waals surface area contributed by atoms with Crippen LogP contribution in [0.15, 0.2) is 45.8 Å². The zero-order chi connectivity index (χ0) is 22.3. The number of hydrogen-bond donors (Lipinski definition) is 1. The van der Waals surface area contributed by atoms with E-state index in [4.69, 9.17) is 4.52 Å². The number of sulfone groups is 1. The van der Waals surface area contributed by atoms with E-state index < -0.39 is 50.6 Å². The van der Waals surface area contributed by atoms with Gasteiger partial charge in [0.15, 0.2) is 15.6 Å². The molecule has 0 saturated carbocycles. The number of nitrogens with zero attached hydrogens (tertiary/aromatic N) is 1. The minimum Gasteiger partial charge on any atom is -0.406 e. The number of hydrogen-bond acceptors (Lipinski definition) is 6. The van der Waals surface area contributed by atoms with Crippen LogP contribution < -0.4 is 4.74 Å². The Bertz CT molecular complexity index is 1190. The van der Waals surface area contributed by atoms with Crippen LogP contribution in [0.1, 0.15) is 5.76 Å². The SMILES string of the molecule is CS(=O)(=O)c1cc(F)c(-c2c(-c3ccc(OC(F)(F)F)cc3)noc2CO)cc1F.